The summed E-state index contributed by atoms with van der Waals surface area (Å²) < 4.78 is 18.8. The predicted molar refractivity (Wildman–Crippen MR) is 56.5 cm³/mol. The molecule has 2 rings (SSSR count). The fraction of sp³-hybridized carbons (Fsp3) is 0.250. The molecule has 2 nitrogen and oxygen atoms in total. The van der Waals surface area contributed by atoms with Gasteiger partial charge >= 0.3 is 0 Å². The Morgan fingerprint density at radius 2 is 2.07 bits per heavy atom. The molecule has 0 unspecified atom stereocenters. The zero-order valence-electron chi connectivity index (χ0n) is 8.58. The van der Waals surface area contributed by atoms with E-state index in [9.17, 15) is 9.18 Å². The van der Waals surface area contributed by atoms with E-state index < -0.39 is 5.82 Å². The Morgan fingerprint density at radius 1 is 1.33 bits per heavy atom. The van der Waals surface area contributed by atoms with Crippen molar-refractivity contribution in [2.24, 2.45) is 0 Å². The zero-order valence-corrected chi connectivity index (χ0v) is 8.58. The molecule has 1 aromatic carbocycles. The minimum absolute atomic E-state index is 0.0295. The van der Waals surface area contributed by atoms with Gasteiger partial charge in [0.2, 0.25) is 0 Å². The van der Waals surface area contributed by atoms with E-state index >= 15 is 0 Å². The lowest BCUT2D eigenvalue weighted by atomic mass is 10.1. The van der Waals surface area contributed by atoms with Crippen LogP contribution in [-0.2, 0) is 0 Å². The van der Waals surface area contributed by atoms with Gasteiger partial charge in [-0.05, 0) is 12.1 Å². The van der Waals surface area contributed by atoms with E-state index in [1.165, 1.54) is 18.2 Å². The molecule has 1 heterocycles. The van der Waals surface area contributed by atoms with Crippen molar-refractivity contribution >= 4 is 11.0 Å². The van der Waals surface area contributed by atoms with Crippen LogP contribution in [0.3, 0.4) is 0 Å². The number of hydrogen-bond acceptors (Lipinski definition) is 2. The molecule has 0 atom stereocenters. The Labute approximate surface area is 86.3 Å². The van der Waals surface area contributed by atoms with Gasteiger partial charge in [0.25, 0.3) is 0 Å². The molecule has 3 heteroatoms. The SMILES string of the molecule is CC(C)c1cc(=O)c2c(F)cccc2o1. The minimum atomic E-state index is -0.531. The quantitative estimate of drug-likeness (QED) is 0.717. The summed E-state index contributed by atoms with van der Waals surface area (Å²) in [7, 11) is 0. The summed E-state index contributed by atoms with van der Waals surface area (Å²) in [5.74, 6) is 0.167. The van der Waals surface area contributed by atoms with Gasteiger partial charge in [0, 0.05) is 12.0 Å². The maximum Gasteiger partial charge on any atom is 0.195 e. The fourth-order valence-corrected chi connectivity index (χ4v) is 1.47. The van der Waals surface area contributed by atoms with Crippen molar-refractivity contribution in [3.63, 3.8) is 0 Å². The molecular formula is C12H11FO2. The lowest BCUT2D eigenvalue weighted by molar-refractivity contribution is 0.506. The fourth-order valence-electron chi connectivity index (χ4n) is 1.47. The average molecular weight is 206 g/mol. The van der Waals surface area contributed by atoms with Gasteiger partial charge in [-0.2, -0.15) is 0 Å². The first-order valence-electron chi connectivity index (χ1n) is 4.82. The molecule has 0 N–H and O–H groups in total. The first-order chi connectivity index (χ1) is 7.09. The van der Waals surface area contributed by atoms with Gasteiger partial charge in [-0.25, -0.2) is 4.39 Å². The van der Waals surface area contributed by atoms with Crippen LogP contribution in [0.2, 0.25) is 0 Å². The molecule has 0 fully saturated rings. The van der Waals surface area contributed by atoms with Crippen molar-refractivity contribution in [2.45, 2.75) is 19.8 Å². The highest BCUT2D eigenvalue weighted by Gasteiger charge is 2.10. The van der Waals surface area contributed by atoms with Gasteiger partial charge in [0.05, 0.1) is 0 Å². The number of halogens is 1. The van der Waals surface area contributed by atoms with E-state index in [2.05, 4.69) is 0 Å². The summed E-state index contributed by atoms with van der Waals surface area (Å²) in [4.78, 5) is 11.6. The van der Waals surface area contributed by atoms with Crippen molar-refractivity contribution in [1.82, 2.24) is 0 Å². The second kappa shape index (κ2) is 3.50. The molecule has 0 bridgehead atoms. The number of rotatable bonds is 1. The summed E-state index contributed by atoms with van der Waals surface area (Å²) in [5.41, 5.74) is -0.00995. The van der Waals surface area contributed by atoms with Crippen LogP contribution in [0.15, 0.2) is 33.5 Å². The Bertz CT molecular complexity index is 555. The topological polar surface area (TPSA) is 30.2 Å². The van der Waals surface area contributed by atoms with Crippen molar-refractivity contribution in [3.05, 3.63) is 46.1 Å². The van der Waals surface area contributed by atoms with Gasteiger partial charge in [-0.3, -0.25) is 4.79 Å². The highest BCUT2D eigenvalue weighted by atomic mass is 19.1. The molecule has 15 heavy (non-hydrogen) atoms. The maximum absolute atomic E-state index is 13.3. The first-order valence-corrected chi connectivity index (χ1v) is 4.82. The highest BCUT2D eigenvalue weighted by Crippen LogP contribution is 2.19. The molecule has 0 spiro atoms. The molecule has 0 amide bonds. The summed E-state index contributed by atoms with van der Waals surface area (Å²) in [6.07, 6.45) is 0. The van der Waals surface area contributed by atoms with Crippen molar-refractivity contribution in [2.75, 3.05) is 0 Å². The molecule has 0 aliphatic rings. The average Bonchev–Trinajstić information content (AvgIpc) is 2.17. The largest absolute Gasteiger partial charge is 0.460 e. The Balaban J connectivity index is 2.85. The number of benzene rings is 1. The minimum Gasteiger partial charge on any atom is -0.460 e. The third-order valence-electron chi connectivity index (χ3n) is 2.29. The summed E-state index contributed by atoms with van der Waals surface area (Å²) in [6.45, 7) is 3.84. The van der Waals surface area contributed by atoms with Crippen LogP contribution in [-0.4, -0.2) is 0 Å². The van der Waals surface area contributed by atoms with E-state index in [1.54, 1.807) is 6.07 Å². The van der Waals surface area contributed by atoms with Crippen LogP contribution in [0, 0.1) is 5.82 Å². The first kappa shape index (κ1) is 9.90. The van der Waals surface area contributed by atoms with Crippen LogP contribution in [0.1, 0.15) is 25.5 Å². The Hall–Kier alpha value is -1.64. The van der Waals surface area contributed by atoms with Crippen molar-refractivity contribution in [3.8, 4) is 0 Å². The van der Waals surface area contributed by atoms with Gasteiger partial charge in [0.15, 0.2) is 5.43 Å². The third kappa shape index (κ3) is 1.65. The number of fused-ring (bicyclic) bond motifs is 1. The second-order valence-electron chi connectivity index (χ2n) is 3.78. The van der Waals surface area contributed by atoms with E-state index in [0.29, 0.717) is 11.3 Å². The number of hydrogen-bond donors (Lipinski definition) is 0. The Kier molecular flexibility index (Phi) is 2.31. The van der Waals surface area contributed by atoms with E-state index in [1.807, 2.05) is 13.8 Å². The van der Waals surface area contributed by atoms with Crippen molar-refractivity contribution < 1.29 is 8.81 Å². The highest BCUT2D eigenvalue weighted by molar-refractivity contribution is 5.76. The zero-order chi connectivity index (χ0) is 11.0. The van der Waals surface area contributed by atoms with Crippen molar-refractivity contribution in [1.29, 1.82) is 0 Å². The van der Waals surface area contributed by atoms with Crippen LogP contribution < -0.4 is 5.43 Å². The summed E-state index contributed by atoms with van der Waals surface area (Å²) >= 11 is 0. The van der Waals surface area contributed by atoms with Crippen LogP contribution in [0.25, 0.3) is 11.0 Å². The standard InChI is InChI=1S/C12H11FO2/c1-7(2)11-6-9(14)12-8(13)4-3-5-10(12)15-11/h3-7H,1-2H3. The van der Waals surface area contributed by atoms with Gasteiger partial charge in [0.1, 0.15) is 22.5 Å². The summed E-state index contributed by atoms with van der Waals surface area (Å²) in [6, 6.07) is 5.75. The van der Waals surface area contributed by atoms with Crippen LogP contribution in [0.5, 0.6) is 0 Å². The van der Waals surface area contributed by atoms with Gasteiger partial charge in [-0.1, -0.05) is 19.9 Å². The van der Waals surface area contributed by atoms with Gasteiger partial charge in [-0.15, -0.1) is 0 Å². The monoisotopic (exact) mass is 206 g/mol. The van der Waals surface area contributed by atoms with E-state index in [-0.39, 0.29) is 16.7 Å². The van der Waals surface area contributed by atoms with Crippen LogP contribution >= 0.6 is 0 Å². The lowest BCUT2D eigenvalue weighted by Gasteiger charge is -2.05. The molecule has 2 aromatic rings. The predicted octanol–water partition coefficient (Wildman–Crippen LogP) is 3.06. The Morgan fingerprint density at radius 3 is 2.73 bits per heavy atom. The van der Waals surface area contributed by atoms with Crippen LogP contribution in [0.4, 0.5) is 4.39 Å². The molecule has 1 aromatic heterocycles. The van der Waals surface area contributed by atoms with Gasteiger partial charge < -0.3 is 4.42 Å². The molecule has 0 saturated carbocycles. The molecule has 0 aliphatic carbocycles. The second-order valence-corrected chi connectivity index (χ2v) is 3.78. The molecule has 0 aliphatic heterocycles. The van der Waals surface area contributed by atoms with E-state index in [0.717, 1.165) is 0 Å². The van der Waals surface area contributed by atoms with E-state index in [4.69, 9.17) is 4.42 Å². The maximum atomic E-state index is 13.3. The molecule has 78 valence electrons. The lowest BCUT2D eigenvalue weighted by Crippen LogP contribution is -2.04. The smallest absolute Gasteiger partial charge is 0.195 e. The molecular weight excluding hydrogens is 195 g/mol. The molecule has 0 radical (unpaired) electrons. The third-order valence-corrected chi connectivity index (χ3v) is 2.29. The normalized spacial score (nSPS) is 11.2. The molecule has 0 saturated heterocycles. The summed E-state index contributed by atoms with van der Waals surface area (Å²) in [5, 5.41) is 0.0295.